The molecule has 0 heterocycles. The monoisotopic (exact) mass is 345 g/mol. The second-order valence-corrected chi connectivity index (χ2v) is 4.34. The minimum absolute atomic E-state index is 0. The lowest BCUT2D eigenvalue weighted by atomic mass is 10.0. The van der Waals surface area contributed by atoms with Gasteiger partial charge < -0.3 is 15.9 Å². The second kappa shape index (κ2) is 9.46. The molecule has 1 aromatic carbocycles. The van der Waals surface area contributed by atoms with Crippen molar-refractivity contribution in [2.24, 2.45) is 10.9 Å². The van der Waals surface area contributed by atoms with Crippen molar-refractivity contribution >= 4 is 35.8 Å². The first-order valence-corrected chi connectivity index (χ1v) is 6.67. The molecule has 10 heteroatoms. The van der Waals surface area contributed by atoms with E-state index >= 15 is 0 Å². The largest absolute Gasteiger partial charge is 0.396 e. The number of urea groups is 1. The van der Waals surface area contributed by atoms with Gasteiger partial charge in [0.25, 0.3) is 5.69 Å². The minimum Gasteiger partial charge on any atom is -0.396 e. The number of aryl methyl sites for hydroxylation is 2. The summed E-state index contributed by atoms with van der Waals surface area (Å²) in [5.41, 5.74) is 7.29. The molecule has 128 valence electrons. The molecule has 0 aliphatic heterocycles. The Bertz CT molecular complexity index is 581. The molecule has 0 spiro atoms. The first-order valence-electron chi connectivity index (χ1n) is 6.67. The van der Waals surface area contributed by atoms with E-state index in [1.54, 1.807) is 0 Å². The number of nitro groups is 1. The van der Waals surface area contributed by atoms with Crippen LogP contribution in [0.4, 0.5) is 16.2 Å². The SMILES string of the molecule is CCc1cc([N+](=O)[O-])cc(CC)c1NC(=O)NC(N)=NOC.Cl. The molecular formula is C13H20ClN5O4. The molecular weight excluding hydrogens is 326 g/mol. The van der Waals surface area contributed by atoms with E-state index in [9.17, 15) is 14.9 Å². The Labute approximate surface area is 139 Å². The maximum Gasteiger partial charge on any atom is 0.326 e. The van der Waals surface area contributed by atoms with Gasteiger partial charge in [-0.1, -0.05) is 13.8 Å². The summed E-state index contributed by atoms with van der Waals surface area (Å²) in [6, 6.07) is 2.29. The molecule has 0 aliphatic rings. The molecule has 0 bridgehead atoms. The van der Waals surface area contributed by atoms with Gasteiger partial charge in [-0.2, -0.15) is 0 Å². The van der Waals surface area contributed by atoms with Gasteiger partial charge in [-0.3, -0.25) is 15.4 Å². The average molecular weight is 346 g/mol. The van der Waals surface area contributed by atoms with Crippen molar-refractivity contribution in [2.75, 3.05) is 12.4 Å². The van der Waals surface area contributed by atoms with Gasteiger partial charge in [-0.15, -0.1) is 12.4 Å². The Hall–Kier alpha value is -2.55. The van der Waals surface area contributed by atoms with Crippen molar-refractivity contribution in [2.45, 2.75) is 26.7 Å². The molecule has 1 rings (SSSR count). The van der Waals surface area contributed by atoms with Gasteiger partial charge in [0.15, 0.2) is 0 Å². The number of nitrogens with two attached hydrogens (primary N) is 1. The Morgan fingerprint density at radius 3 is 2.26 bits per heavy atom. The summed E-state index contributed by atoms with van der Waals surface area (Å²) < 4.78 is 0. The van der Waals surface area contributed by atoms with Gasteiger partial charge in [0.1, 0.15) is 7.11 Å². The fraction of sp³-hybridized carbons (Fsp3) is 0.385. The van der Waals surface area contributed by atoms with Gasteiger partial charge in [0.2, 0.25) is 5.96 Å². The number of rotatable bonds is 5. The lowest BCUT2D eigenvalue weighted by molar-refractivity contribution is -0.385. The molecule has 2 amide bonds. The van der Waals surface area contributed by atoms with Gasteiger partial charge >= 0.3 is 6.03 Å². The van der Waals surface area contributed by atoms with Crippen molar-refractivity contribution < 1.29 is 14.6 Å². The molecule has 0 saturated carbocycles. The zero-order valence-corrected chi connectivity index (χ0v) is 13.9. The topological polar surface area (TPSA) is 132 Å². The summed E-state index contributed by atoms with van der Waals surface area (Å²) in [5, 5.41) is 19.2. The number of hydrogen-bond donors (Lipinski definition) is 3. The molecule has 0 saturated heterocycles. The number of amides is 2. The van der Waals surface area contributed by atoms with Crippen molar-refractivity contribution in [3.05, 3.63) is 33.4 Å². The molecule has 4 N–H and O–H groups in total. The normalized spacial score (nSPS) is 10.5. The number of guanidine groups is 1. The highest BCUT2D eigenvalue weighted by Gasteiger charge is 2.17. The standard InChI is InChI=1S/C13H19N5O4.ClH/c1-4-8-6-10(18(20)21)7-9(5-2)11(8)15-13(19)16-12(14)17-22-3;/h6-7H,4-5H2,1-3H3,(H4,14,15,16,17,19);1H. The van der Waals surface area contributed by atoms with Crippen LogP contribution in [0.3, 0.4) is 0 Å². The van der Waals surface area contributed by atoms with E-state index in [4.69, 9.17) is 5.73 Å². The van der Waals surface area contributed by atoms with Crippen molar-refractivity contribution in [3.63, 3.8) is 0 Å². The van der Waals surface area contributed by atoms with E-state index in [0.717, 1.165) is 0 Å². The number of hydrogen-bond acceptors (Lipinski definition) is 5. The molecule has 0 aliphatic carbocycles. The number of oxime groups is 1. The Balaban J connectivity index is 0.00000484. The quantitative estimate of drug-likeness (QED) is 0.325. The van der Waals surface area contributed by atoms with Crippen LogP contribution in [0.5, 0.6) is 0 Å². The Morgan fingerprint density at radius 1 is 1.35 bits per heavy atom. The van der Waals surface area contributed by atoms with Crippen LogP contribution in [0, 0.1) is 10.1 Å². The second-order valence-electron chi connectivity index (χ2n) is 4.34. The van der Waals surface area contributed by atoms with Crippen molar-refractivity contribution in [3.8, 4) is 0 Å². The van der Waals surface area contributed by atoms with Crippen LogP contribution in [0.2, 0.25) is 0 Å². The molecule has 0 unspecified atom stereocenters. The fourth-order valence-electron chi connectivity index (χ4n) is 1.96. The highest BCUT2D eigenvalue weighted by atomic mass is 35.5. The lowest BCUT2D eigenvalue weighted by Gasteiger charge is -2.14. The molecule has 1 aromatic rings. The number of halogens is 1. The molecule has 9 nitrogen and oxygen atoms in total. The van der Waals surface area contributed by atoms with Crippen LogP contribution in [0.1, 0.15) is 25.0 Å². The van der Waals surface area contributed by atoms with Gasteiger partial charge in [-0.25, -0.2) is 4.79 Å². The van der Waals surface area contributed by atoms with Gasteiger partial charge in [-0.05, 0) is 29.1 Å². The number of non-ortho nitro benzene ring substituents is 1. The maximum absolute atomic E-state index is 11.9. The summed E-state index contributed by atoms with van der Waals surface area (Å²) in [6.07, 6.45) is 1.07. The number of anilines is 1. The Kier molecular flexibility index (Phi) is 8.41. The number of carbonyl (C=O) groups excluding carboxylic acids is 1. The fourth-order valence-corrected chi connectivity index (χ4v) is 1.96. The summed E-state index contributed by atoms with van der Waals surface area (Å²) in [4.78, 5) is 26.8. The smallest absolute Gasteiger partial charge is 0.326 e. The summed E-state index contributed by atoms with van der Waals surface area (Å²) in [7, 11) is 1.30. The molecule has 0 fully saturated rings. The van der Waals surface area contributed by atoms with Crippen LogP contribution in [-0.2, 0) is 17.7 Å². The highest BCUT2D eigenvalue weighted by molar-refractivity contribution is 6.02. The van der Waals surface area contributed by atoms with E-state index in [0.29, 0.717) is 29.7 Å². The van der Waals surface area contributed by atoms with Crippen LogP contribution >= 0.6 is 12.4 Å². The lowest BCUT2D eigenvalue weighted by Crippen LogP contribution is -2.40. The van der Waals surface area contributed by atoms with E-state index < -0.39 is 11.0 Å². The summed E-state index contributed by atoms with van der Waals surface area (Å²) in [6.45, 7) is 3.70. The number of carbonyl (C=O) groups is 1. The molecule has 0 radical (unpaired) electrons. The van der Waals surface area contributed by atoms with Gasteiger partial charge in [0, 0.05) is 17.8 Å². The third kappa shape index (κ3) is 5.62. The highest BCUT2D eigenvalue weighted by Crippen LogP contribution is 2.28. The first-order chi connectivity index (χ1) is 10.4. The zero-order chi connectivity index (χ0) is 16.7. The van der Waals surface area contributed by atoms with E-state index in [1.165, 1.54) is 19.2 Å². The number of nitro benzene ring substituents is 1. The third-order valence-corrected chi connectivity index (χ3v) is 2.93. The first kappa shape index (κ1) is 20.5. The van der Waals surface area contributed by atoms with Crippen LogP contribution < -0.4 is 16.4 Å². The van der Waals surface area contributed by atoms with E-state index in [2.05, 4.69) is 20.6 Å². The van der Waals surface area contributed by atoms with Crippen LogP contribution in [0.25, 0.3) is 0 Å². The van der Waals surface area contributed by atoms with Crippen LogP contribution in [0.15, 0.2) is 17.3 Å². The zero-order valence-electron chi connectivity index (χ0n) is 13.1. The maximum atomic E-state index is 11.9. The van der Waals surface area contributed by atoms with Crippen molar-refractivity contribution in [1.29, 1.82) is 0 Å². The summed E-state index contributed by atoms with van der Waals surface area (Å²) in [5.74, 6) is -0.196. The van der Waals surface area contributed by atoms with E-state index in [-0.39, 0.29) is 24.1 Å². The van der Waals surface area contributed by atoms with Gasteiger partial charge in [0.05, 0.1) is 4.92 Å². The number of nitrogens with zero attached hydrogens (tertiary/aromatic N) is 2. The Morgan fingerprint density at radius 2 is 1.87 bits per heavy atom. The average Bonchev–Trinajstić information content (AvgIpc) is 2.46. The van der Waals surface area contributed by atoms with E-state index in [1.807, 2.05) is 13.8 Å². The molecule has 23 heavy (non-hydrogen) atoms. The number of benzene rings is 1. The predicted octanol–water partition coefficient (Wildman–Crippen LogP) is 2.14. The third-order valence-electron chi connectivity index (χ3n) is 2.93. The minimum atomic E-state index is -0.600. The molecule has 0 aromatic heterocycles. The number of nitrogens with one attached hydrogen (secondary N) is 2. The molecule has 0 atom stereocenters. The predicted molar refractivity (Wildman–Crippen MR) is 89.9 cm³/mol. The summed E-state index contributed by atoms with van der Waals surface area (Å²) >= 11 is 0. The van der Waals surface area contributed by atoms with Crippen molar-refractivity contribution in [1.82, 2.24) is 5.32 Å². The van der Waals surface area contributed by atoms with Crippen LogP contribution in [-0.4, -0.2) is 24.0 Å².